The lowest BCUT2D eigenvalue weighted by atomic mass is 9.88. The van der Waals surface area contributed by atoms with Gasteiger partial charge >= 0.3 is 0 Å². The third-order valence-electron chi connectivity index (χ3n) is 7.74. The van der Waals surface area contributed by atoms with Crippen LogP contribution in [0.25, 0.3) is 33.2 Å². The number of aryl methyl sites for hydroxylation is 2. The number of aliphatic hydroxyl groups is 1. The first-order chi connectivity index (χ1) is 18.6. The average molecular weight is 549 g/mol. The van der Waals surface area contributed by atoms with Gasteiger partial charge in [0.15, 0.2) is 0 Å². The van der Waals surface area contributed by atoms with Crippen molar-refractivity contribution in [1.82, 2.24) is 29.5 Å². The largest absolute Gasteiger partial charge is 0.386 e. The van der Waals surface area contributed by atoms with Crippen molar-refractivity contribution in [2.45, 2.75) is 45.3 Å². The van der Waals surface area contributed by atoms with Gasteiger partial charge in [0.1, 0.15) is 5.82 Å². The summed E-state index contributed by atoms with van der Waals surface area (Å²) < 4.78 is 25.0. The zero-order chi connectivity index (χ0) is 27.5. The van der Waals surface area contributed by atoms with Crippen LogP contribution in [0.5, 0.6) is 0 Å². The van der Waals surface area contributed by atoms with Crippen molar-refractivity contribution >= 4 is 33.5 Å². The molecule has 0 radical (unpaired) electrons. The van der Waals surface area contributed by atoms with Crippen LogP contribution in [0.15, 0.2) is 42.7 Å². The molecule has 1 aromatic carbocycles. The van der Waals surface area contributed by atoms with Crippen LogP contribution >= 0.6 is 11.6 Å². The Balaban J connectivity index is 1.74. The van der Waals surface area contributed by atoms with Crippen molar-refractivity contribution in [3.8, 4) is 11.3 Å². The van der Waals surface area contributed by atoms with Crippen LogP contribution in [0.3, 0.4) is 0 Å². The Bertz CT molecular complexity index is 1680. The fourth-order valence-electron chi connectivity index (χ4n) is 5.77. The summed E-state index contributed by atoms with van der Waals surface area (Å²) in [6, 6.07) is 8.49. The van der Waals surface area contributed by atoms with E-state index in [0.717, 1.165) is 51.7 Å². The molecular weight excluding hydrogens is 519 g/mol. The molecule has 0 spiro atoms. The molecule has 0 saturated carbocycles. The van der Waals surface area contributed by atoms with Gasteiger partial charge in [-0.1, -0.05) is 16.8 Å². The van der Waals surface area contributed by atoms with E-state index < -0.39 is 11.6 Å². The Kier molecular flexibility index (Phi) is 6.40. The SMILES string of the molecule is Cc1nnn(C)c1-c1cc2c(cc1Cl)c1ncc(C(C)(C)O)cc1n2[C@@H](c1ncccc1F)C1CCOCC1. The Hall–Kier alpha value is -3.40. The number of hydrogen-bond donors (Lipinski definition) is 1. The molecule has 0 bridgehead atoms. The van der Waals surface area contributed by atoms with Gasteiger partial charge < -0.3 is 14.4 Å². The number of ether oxygens (including phenoxy) is 1. The van der Waals surface area contributed by atoms with Crippen LogP contribution < -0.4 is 0 Å². The van der Waals surface area contributed by atoms with E-state index in [1.165, 1.54) is 6.07 Å². The van der Waals surface area contributed by atoms with Crippen LogP contribution in [0.2, 0.25) is 5.02 Å². The predicted molar refractivity (Wildman–Crippen MR) is 148 cm³/mol. The molecule has 6 rings (SSSR count). The molecule has 0 amide bonds. The van der Waals surface area contributed by atoms with Gasteiger partial charge in [0.05, 0.1) is 50.3 Å². The monoisotopic (exact) mass is 548 g/mol. The first kappa shape index (κ1) is 25.9. The summed E-state index contributed by atoms with van der Waals surface area (Å²) >= 11 is 6.89. The number of aromatic nitrogens is 6. The van der Waals surface area contributed by atoms with Gasteiger partial charge in [0.2, 0.25) is 0 Å². The van der Waals surface area contributed by atoms with Gasteiger partial charge in [0.25, 0.3) is 0 Å². The molecule has 1 N–H and O–H groups in total. The van der Waals surface area contributed by atoms with Crippen molar-refractivity contribution in [1.29, 1.82) is 0 Å². The van der Waals surface area contributed by atoms with Crippen LogP contribution in [0.1, 0.15) is 49.7 Å². The van der Waals surface area contributed by atoms with Crippen LogP contribution in [-0.4, -0.2) is 47.8 Å². The van der Waals surface area contributed by atoms with Crippen molar-refractivity contribution in [3.05, 3.63) is 70.5 Å². The summed E-state index contributed by atoms with van der Waals surface area (Å²) in [4.78, 5) is 9.36. The molecule has 5 heterocycles. The molecule has 39 heavy (non-hydrogen) atoms. The number of rotatable bonds is 5. The fraction of sp³-hybridized carbons (Fsp3) is 0.379. The van der Waals surface area contributed by atoms with Gasteiger partial charge in [-0.25, -0.2) is 9.07 Å². The lowest BCUT2D eigenvalue weighted by Crippen LogP contribution is -2.28. The molecule has 8 nitrogen and oxygen atoms in total. The second kappa shape index (κ2) is 9.66. The lowest BCUT2D eigenvalue weighted by Gasteiger charge is -2.32. The summed E-state index contributed by atoms with van der Waals surface area (Å²) in [7, 11) is 1.83. The van der Waals surface area contributed by atoms with Gasteiger partial charge in [-0.15, -0.1) is 5.10 Å². The molecule has 4 aromatic heterocycles. The molecule has 202 valence electrons. The number of benzene rings is 1. The molecule has 1 saturated heterocycles. The minimum Gasteiger partial charge on any atom is -0.386 e. The Morgan fingerprint density at radius 2 is 1.92 bits per heavy atom. The summed E-state index contributed by atoms with van der Waals surface area (Å²) in [5, 5.41) is 20.6. The molecule has 5 aromatic rings. The molecule has 1 atom stereocenters. The maximum absolute atomic E-state index is 15.5. The summed E-state index contributed by atoms with van der Waals surface area (Å²) in [6.45, 7) is 6.53. The minimum absolute atomic E-state index is 0.0620. The molecule has 1 fully saturated rings. The van der Waals surface area contributed by atoms with E-state index in [1.807, 2.05) is 32.2 Å². The molecule has 1 aliphatic rings. The van der Waals surface area contributed by atoms with Crippen molar-refractivity contribution in [2.24, 2.45) is 13.0 Å². The number of fused-ring (bicyclic) bond motifs is 3. The van der Waals surface area contributed by atoms with E-state index >= 15 is 4.39 Å². The number of halogens is 2. The highest BCUT2D eigenvalue weighted by atomic mass is 35.5. The molecule has 1 aliphatic heterocycles. The van der Waals surface area contributed by atoms with Crippen molar-refractivity contribution in [3.63, 3.8) is 0 Å². The normalized spacial score (nSPS) is 15.9. The Labute approximate surface area is 230 Å². The first-order valence-corrected chi connectivity index (χ1v) is 13.4. The molecule has 0 aliphatic carbocycles. The van der Waals surface area contributed by atoms with Gasteiger partial charge in [-0.2, -0.15) is 0 Å². The third-order valence-corrected chi connectivity index (χ3v) is 8.05. The highest BCUT2D eigenvalue weighted by Gasteiger charge is 2.34. The summed E-state index contributed by atoms with van der Waals surface area (Å²) in [5.74, 6) is -0.302. The van der Waals surface area contributed by atoms with Crippen molar-refractivity contribution in [2.75, 3.05) is 13.2 Å². The van der Waals surface area contributed by atoms with E-state index in [0.29, 0.717) is 29.5 Å². The van der Waals surface area contributed by atoms with Gasteiger partial charge in [-0.05, 0) is 69.9 Å². The Morgan fingerprint density at radius 1 is 1.15 bits per heavy atom. The van der Waals surface area contributed by atoms with E-state index in [1.54, 1.807) is 37.0 Å². The zero-order valence-electron chi connectivity index (χ0n) is 22.3. The second-order valence-electron chi connectivity index (χ2n) is 10.8. The molecule has 0 unspecified atom stereocenters. The van der Waals surface area contributed by atoms with E-state index in [2.05, 4.69) is 19.9 Å². The summed E-state index contributed by atoms with van der Waals surface area (Å²) in [6.07, 6.45) is 4.83. The fourth-order valence-corrected chi connectivity index (χ4v) is 6.03. The Morgan fingerprint density at radius 3 is 2.59 bits per heavy atom. The van der Waals surface area contributed by atoms with Gasteiger partial charge in [0, 0.05) is 49.2 Å². The number of hydrogen-bond acceptors (Lipinski definition) is 6. The summed E-state index contributed by atoms with van der Waals surface area (Å²) in [5.41, 5.74) is 4.57. The predicted octanol–water partition coefficient (Wildman–Crippen LogP) is 5.72. The quantitative estimate of drug-likeness (QED) is 0.302. The van der Waals surface area contributed by atoms with E-state index in [-0.39, 0.29) is 11.7 Å². The van der Waals surface area contributed by atoms with E-state index in [4.69, 9.17) is 21.3 Å². The molecular formula is C29H30ClFN6O2. The maximum atomic E-state index is 15.5. The average Bonchev–Trinajstić information content (AvgIpc) is 3.40. The van der Waals surface area contributed by atoms with Crippen LogP contribution in [-0.2, 0) is 17.4 Å². The standard InChI is InChI=1S/C29H30ClFN6O2/c1-16-27(36(4)35-34-16)19-14-23-20(13-21(19)30)25-24(12-18(15-33-25)29(2,3)38)37(23)28(17-7-10-39-11-8-17)26-22(31)6-5-9-32-26/h5-6,9,12-15,17,28,38H,7-8,10-11H2,1-4H3/t28-/m1/s1. The van der Waals surface area contributed by atoms with E-state index in [9.17, 15) is 5.11 Å². The minimum atomic E-state index is -1.12. The smallest absolute Gasteiger partial charge is 0.146 e. The lowest BCUT2D eigenvalue weighted by molar-refractivity contribution is 0.0542. The van der Waals surface area contributed by atoms with Crippen LogP contribution in [0, 0.1) is 18.7 Å². The first-order valence-electron chi connectivity index (χ1n) is 13.1. The zero-order valence-corrected chi connectivity index (χ0v) is 23.1. The second-order valence-corrected chi connectivity index (χ2v) is 11.2. The number of nitrogens with zero attached hydrogens (tertiary/aromatic N) is 6. The maximum Gasteiger partial charge on any atom is 0.146 e. The molecule has 10 heteroatoms. The highest BCUT2D eigenvalue weighted by molar-refractivity contribution is 6.34. The number of pyridine rings is 2. The highest BCUT2D eigenvalue weighted by Crippen LogP contribution is 2.43. The van der Waals surface area contributed by atoms with Gasteiger partial charge in [-0.3, -0.25) is 9.97 Å². The van der Waals surface area contributed by atoms with Crippen molar-refractivity contribution < 1.29 is 14.2 Å². The van der Waals surface area contributed by atoms with Crippen LogP contribution in [0.4, 0.5) is 4.39 Å². The topological polar surface area (TPSA) is 90.9 Å². The third kappa shape index (κ3) is 4.38.